The van der Waals surface area contributed by atoms with Gasteiger partial charge in [0.1, 0.15) is 12.1 Å². The summed E-state index contributed by atoms with van der Waals surface area (Å²) in [5, 5.41) is 22.8. The lowest BCUT2D eigenvalue weighted by atomic mass is 10.0. The van der Waals surface area contributed by atoms with Crippen LogP contribution in [0.5, 0.6) is 0 Å². The summed E-state index contributed by atoms with van der Waals surface area (Å²) in [4.78, 5) is 46.2. The van der Waals surface area contributed by atoms with Crippen LogP contribution in [0.25, 0.3) is 0 Å². The van der Waals surface area contributed by atoms with Gasteiger partial charge in [0.15, 0.2) is 0 Å². The fraction of sp³-hybridized carbons (Fsp3) is 0.778. The highest BCUT2D eigenvalue weighted by Crippen LogP contribution is 2.08. The molecule has 0 aromatic rings. The van der Waals surface area contributed by atoms with Gasteiger partial charge in [-0.25, -0.2) is 4.79 Å². The molecule has 26 heavy (non-hydrogen) atoms. The summed E-state index contributed by atoms with van der Waals surface area (Å²) in [6.07, 6.45) is 4.76. The molecule has 8 heteroatoms. The summed E-state index contributed by atoms with van der Waals surface area (Å²) in [5.41, 5.74) is 0. The number of carboxylic acids is 2. The third-order valence-electron chi connectivity index (χ3n) is 4.03. The normalized spacial score (nSPS) is 13.1. The van der Waals surface area contributed by atoms with E-state index >= 15 is 0 Å². The lowest BCUT2D eigenvalue weighted by Gasteiger charge is -2.24. The van der Waals surface area contributed by atoms with Gasteiger partial charge in [0, 0.05) is 12.8 Å². The van der Waals surface area contributed by atoms with Crippen molar-refractivity contribution in [2.24, 2.45) is 5.92 Å². The third kappa shape index (κ3) is 10.7. The highest BCUT2D eigenvalue weighted by molar-refractivity contribution is 5.90. The molecule has 0 rings (SSSR count). The van der Waals surface area contributed by atoms with Crippen LogP contribution in [0.4, 0.5) is 0 Å². The number of hydrogen-bond donors (Lipinski definition) is 4. The Bertz CT molecular complexity index is 478. The van der Waals surface area contributed by atoms with Gasteiger partial charge in [-0.15, -0.1) is 0 Å². The Hall–Kier alpha value is -2.12. The van der Waals surface area contributed by atoms with Crippen molar-refractivity contribution in [3.63, 3.8) is 0 Å². The summed E-state index contributed by atoms with van der Waals surface area (Å²) in [6, 6.07) is -2.16. The van der Waals surface area contributed by atoms with Crippen molar-refractivity contribution in [1.82, 2.24) is 10.6 Å². The van der Waals surface area contributed by atoms with Gasteiger partial charge in [-0.2, -0.15) is 0 Å². The van der Waals surface area contributed by atoms with Crippen molar-refractivity contribution in [2.45, 2.75) is 84.2 Å². The van der Waals surface area contributed by atoms with Crippen LogP contribution in [-0.2, 0) is 19.2 Å². The Morgan fingerprint density at radius 1 is 0.885 bits per heavy atom. The largest absolute Gasteiger partial charge is 0.481 e. The van der Waals surface area contributed by atoms with Crippen LogP contribution in [0, 0.1) is 5.92 Å². The molecule has 0 aliphatic rings. The van der Waals surface area contributed by atoms with E-state index in [9.17, 15) is 19.2 Å². The zero-order valence-corrected chi connectivity index (χ0v) is 15.9. The maximum atomic E-state index is 12.4. The molecule has 0 aromatic carbocycles. The molecule has 4 N–H and O–H groups in total. The van der Waals surface area contributed by atoms with Crippen molar-refractivity contribution in [1.29, 1.82) is 0 Å². The number of carboxylic acid groups (broad SMARTS) is 2. The predicted octanol–water partition coefficient (Wildman–Crippen LogP) is 1.92. The average molecular weight is 372 g/mol. The number of nitrogens with one attached hydrogen (secondary N) is 2. The molecule has 0 saturated heterocycles. The number of amides is 2. The van der Waals surface area contributed by atoms with Crippen LogP contribution < -0.4 is 10.6 Å². The fourth-order valence-electron chi connectivity index (χ4n) is 2.46. The molecular formula is C18H32N2O6. The molecule has 0 spiro atoms. The number of carbonyl (C=O) groups is 4. The first-order valence-electron chi connectivity index (χ1n) is 9.23. The molecule has 0 bridgehead atoms. The van der Waals surface area contributed by atoms with E-state index in [0.29, 0.717) is 6.42 Å². The van der Waals surface area contributed by atoms with Crippen LogP contribution in [-0.4, -0.2) is 46.0 Å². The summed E-state index contributed by atoms with van der Waals surface area (Å²) >= 11 is 0. The number of rotatable bonds is 14. The van der Waals surface area contributed by atoms with Gasteiger partial charge in [0.2, 0.25) is 11.8 Å². The first-order valence-corrected chi connectivity index (χ1v) is 9.23. The Morgan fingerprint density at radius 3 is 2.00 bits per heavy atom. The second-order valence-corrected chi connectivity index (χ2v) is 6.79. The van der Waals surface area contributed by atoms with Gasteiger partial charge in [-0.1, -0.05) is 46.5 Å². The molecule has 0 aliphatic heterocycles. The van der Waals surface area contributed by atoms with Crippen molar-refractivity contribution < 1.29 is 29.4 Å². The number of aliphatic carboxylic acids is 2. The average Bonchev–Trinajstić information content (AvgIpc) is 2.55. The topological polar surface area (TPSA) is 133 Å². The lowest BCUT2D eigenvalue weighted by Crippen LogP contribution is -2.53. The third-order valence-corrected chi connectivity index (χ3v) is 4.03. The van der Waals surface area contributed by atoms with E-state index in [1.807, 2.05) is 0 Å². The van der Waals surface area contributed by atoms with E-state index in [0.717, 1.165) is 32.1 Å². The van der Waals surface area contributed by atoms with Crippen LogP contribution in [0.2, 0.25) is 0 Å². The first kappa shape index (κ1) is 23.9. The van der Waals surface area contributed by atoms with Gasteiger partial charge in [0.25, 0.3) is 0 Å². The smallest absolute Gasteiger partial charge is 0.326 e. The van der Waals surface area contributed by atoms with Crippen LogP contribution in [0.15, 0.2) is 0 Å². The number of hydrogen-bond acceptors (Lipinski definition) is 4. The Balaban J connectivity index is 4.60. The minimum atomic E-state index is -1.30. The summed E-state index contributed by atoms with van der Waals surface area (Å²) in [6.45, 7) is 5.61. The lowest BCUT2D eigenvalue weighted by molar-refractivity contribution is -0.143. The molecule has 2 amide bonds. The van der Waals surface area contributed by atoms with Gasteiger partial charge >= 0.3 is 11.9 Å². The van der Waals surface area contributed by atoms with E-state index < -0.39 is 29.9 Å². The standard InChI is InChI=1S/C18H32N2O6/c1-4-5-6-7-8-9-14(21)20-16(12(2)3)17(24)19-13(18(25)26)10-11-15(22)23/h12-13,16H,4-11H2,1-3H3,(H,19,24)(H,20,21)(H,22,23)(H,25,26)/t13-,16-/m0/s1. The summed E-state index contributed by atoms with van der Waals surface area (Å²) in [7, 11) is 0. The number of carbonyl (C=O) groups excluding carboxylic acids is 2. The molecule has 8 nitrogen and oxygen atoms in total. The van der Waals surface area contributed by atoms with Crippen molar-refractivity contribution in [3.05, 3.63) is 0 Å². The molecule has 0 saturated carbocycles. The van der Waals surface area contributed by atoms with E-state index in [2.05, 4.69) is 17.6 Å². The summed E-state index contributed by atoms with van der Waals surface area (Å²) in [5.74, 6) is -3.52. The zero-order chi connectivity index (χ0) is 20.1. The van der Waals surface area contributed by atoms with Gasteiger partial charge in [0.05, 0.1) is 0 Å². The second-order valence-electron chi connectivity index (χ2n) is 6.79. The quantitative estimate of drug-likeness (QED) is 0.344. The molecule has 150 valence electrons. The van der Waals surface area contributed by atoms with Crippen LogP contribution >= 0.6 is 0 Å². The molecular weight excluding hydrogens is 340 g/mol. The van der Waals surface area contributed by atoms with Crippen LogP contribution in [0.1, 0.15) is 72.1 Å². The molecule has 0 unspecified atom stereocenters. The van der Waals surface area contributed by atoms with E-state index in [1.165, 1.54) is 0 Å². The van der Waals surface area contributed by atoms with E-state index in [-0.39, 0.29) is 24.7 Å². The maximum absolute atomic E-state index is 12.4. The highest BCUT2D eigenvalue weighted by Gasteiger charge is 2.28. The zero-order valence-electron chi connectivity index (χ0n) is 15.9. The van der Waals surface area contributed by atoms with Crippen molar-refractivity contribution in [2.75, 3.05) is 0 Å². The second kappa shape index (κ2) is 13.1. The minimum absolute atomic E-state index is 0.216. The molecule has 0 radical (unpaired) electrons. The van der Waals surface area contributed by atoms with E-state index in [1.54, 1.807) is 13.8 Å². The molecule has 0 heterocycles. The molecule has 0 fully saturated rings. The van der Waals surface area contributed by atoms with Crippen molar-refractivity contribution in [3.8, 4) is 0 Å². The fourth-order valence-corrected chi connectivity index (χ4v) is 2.46. The Kier molecular flexibility index (Phi) is 12.1. The van der Waals surface area contributed by atoms with Crippen molar-refractivity contribution >= 4 is 23.8 Å². The maximum Gasteiger partial charge on any atom is 0.326 e. The first-order chi connectivity index (χ1) is 12.2. The minimum Gasteiger partial charge on any atom is -0.481 e. The monoisotopic (exact) mass is 372 g/mol. The Labute approximate surface area is 154 Å². The predicted molar refractivity (Wildman–Crippen MR) is 96.6 cm³/mol. The number of unbranched alkanes of at least 4 members (excludes halogenated alkanes) is 4. The van der Waals surface area contributed by atoms with Gasteiger partial charge < -0.3 is 20.8 Å². The SMILES string of the molecule is CCCCCCCC(=O)N[C@H](C(=O)N[C@@H](CCC(=O)O)C(=O)O)C(C)C. The summed E-state index contributed by atoms with van der Waals surface area (Å²) < 4.78 is 0. The Morgan fingerprint density at radius 2 is 1.50 bits per heavy atom. The van der Waals surface area contributed by atoms with Gasteiger partial charge in [-0.3, -0.25) is 14.4 Å². The molecule has 2 atom stereocenters. The van der Waals surface area contributed by atoms with Gasteiger partial charge in [-0.05, 0) is 18.8 Å². The molecule has 0 aliphatic carbocycles. The highest BCUT2D eigenvalue weighted by atomic mass is 16.4. The van der Waals surface area contributed by atoms with Crippen LogP contribution in [0.3, 0.4) is 0 Å². The molecule has 0 aromatic heterocycles. The van der Waals surface area contributed by atoms with E-state index in [4.69, 9.17) is 10.2 Å².